The van der Waals surface area contributed by atoms with Gasteiger partial charge in [-0.05, 0) is 12.1 Å². The minimum Gasteiger partial charge on any atom is -0.495 e. The average molecular weight is 278 g/mol. The highest BCUT2D eigenvalue weighted by molar-refractivity contribution is 7.92. The van der Waals surface area contributed by atoms with Crippen LogP contribution in [0.3, 0.4) is 0 Å². The Hall–Kier alpha value is -2.53. The number of nitriles is 1. The van der Waals surface area contributed by atoms with Crippen molar-refractivity contribution in [2.24, 2.45) is 0 Å². The monoisotopic (exact) mass is 278 g/mol. The predicted molar refractivity (Wildman–Crippen MR) is 67.1 cm³/mol. The fraction of sp³-hybridized carbons (Fsp3) is 0.0909. The summed E-state index contributed by atoms with van der Waals surface area (Å²) in [4.78, 5) is 6.15. The Kier molecular flexibility index (Phi) is 3.39. The normalized spacial score (nSPS) is 10.7. The standard InChI is InChI=1S/C11H10N4O3S/c1-18-10-4-8(5-12)2-3-9(10)15-19(16,17)11-6-13-7-14-11/h2-4,6-7,15H,1H3,(H,13,14). The van der Waals surface area contributed by atoms with E-state index in [1.54, 1.807) is 0 Å². The van der Waals surface area contributed by atoms with Crippen molar-refractivity contribution in [2.45, 2.75) is 5.03 Å². The molecule has 19 heavy (non-hydrogen) atoms. The Bertz CT molecular complexity index is 717. The molecule has 0 aliphatic rings. The Morgan fingerprint density at radius 2 is 2.26 bits per heavy atom. The minimum atomic E-state index is -3.75. The summed E-state index contributed by atoms with van der Waals surface area (Å²) >= 11 is 0. The summed E-state index contributed by atoms with van der Waals surface area (Å²) in [6.07, 6.45) is 2.46. The zero-order chi connectivity index (χ0) is 13.9. The summed E-state index contributed by atoms with van der Waals surface area (Å²) in [5.74, 6) is 0.266. The maximum Gasteiger partial charge on any atom is 0.279 e. The highest BCUT2D eigenvalue weighted by Gasteiger charge is 2.17. The van der Waals surface area contributed by atoms with Gasteiger partial charge in [0, 0.05) is 6.07 Å². The summed E-state index contributed by atoms with van der Waals surface area (Å²) < 4.78 is 31.4. The first-order chi connectivity index (χ1) is 9.06. The van der Waals surface area contributed by atoms with Gasteiger partial charge in [-0.3, -0.25) is 4.72 Å². The molecule has 0 bridgehead atoms. The molecule has 2 N–H and O–H groups in total. The molecule has 8 heteroatoms. The number of rotatable bonds is 4. The van der Waals surface area contributed by atoms with Crippen molar-refractivity contribution >= 4 is 15.7 Å². The Morgan fingerprint density at radius 1 is 1.47 bits per heavy atom. The summed E-state index contributed by atoms with van der Waals surface area (Å²) in [5, 5.41) is 8.72. The first-order valence-electron chi connectivity index (χ1n) is 5.16. The third-order valence-electron chi connectivity index (χ3n) is 2.34. The molecule has 0 radical (unpaired) electrons. The van der Waals surface area contributed by atoms with E-state index in [-0.39, 0.29) is 16.5 Å². The molecule has 0 saturated heterocycles. The molecule has 0 fully saturated rings. The minimum absolute atomic E-state index is 0.0566. The van der Waals surface area contributed by atoms with Gasteiger partial charge in [-0.1, -0.05) is 0 Å². The van der Waals surface area contributed by atoms with Crippen LogP contribution in [0.25, 0.3) is 0 Å². The SMILES string of the molecule is COc1cc(C#N)ccc1NS(=O)(=O)c1cnc[nH]1. The summed E-state index contributed by atoms with van der Waals surface area (Å²) in [6.45, 7) is 0. The van der Waals surface area contributed by atoms with Crippen molar-refractivity contribution in [1.82, 2.24) is 9.97 Å². The lowest BCUT2D eigenvalue weighted by Gasteiger charge is -2.10. The molecule has 7 nitrogen and oxygen atoms in total. The van der Waals surface area contributed by atoms with Gasteiger partial charge in [-0.2, -0.15) is 13.7 Å². The third-order valence-corrected chi connectivity index (χ3v) is 3.63. The van der Waals surface area contributed by atoms with E-state index in [0.29, 0.717) is 5.56 Å². The molecule has 1 aromatic heterocycles. The highest BCUT2D eigenvalue weighted by Crippen LogP contribution is 2.27. The first kappa shape index (κ1) is 12.9. The second-order valence-corrected chi connectivity index (χ2v) is 5.20. The van der Waals surface area contributed by atoms with Crippen LogP contribution in [0.2, 0.25) is 0 Å². The topological polar surface area (TPSA) is 108 Å². The molecule has 1 aromatic carbocycles. The van der Waals surface area contributed by atoms with Gasteiger partial charge in [0.2, 0.25) is 0 Å². The van der Waals surface area contributed by atoms with Gasteiger partial charge in [-0.15, -0.1) is 0 Å². The predicted octanol–water partition coefficient (Wildman–Crippen LogP) is 1.09. The number of hydrogen-bond acceptors (Lipinski definition) is 5. The fourth-order valence-corrected chi connectivity index (χ4v) is 2.41. The lowest BCUT2D eigenvalue weighted by atomic mass is 10.2. The van der Waals surface area contributed by atoms with Crippen molar-refractivity contribution in [3.63, 3.8) is 0 Å². The second kappa shape index (κ2) is 4.99. The van der Waals surface area contributed by atoms with Crippen LogP contribution in [-0.2, 0) is 10.0 Å². The van der Waals surface area contributed by atoms with Crippen LogP contribution in [0.1, 0.15) is 5.56 Å². The van der Waals surface area contributed by atoms with E-state index in [1.165, 1.54) is 37.8 Å². The summed E-state index contributed by atoms with van der Waals surface area (Å²) in [6, 6.07) is 6.35. The van der Waals surface area contributed by atoms with Crippen LogP contribution in [0, 0.1) is 11.3 Å². The van der Waals surface area contributed by atoms with Crippen molar-refractivity contribution in [3.05, 3.63) is 36.3 Å². The lowest BCUT2D eigenvalue weighted by molar-refractivity contribution is 0.416. The van der Waals surface area contributed by atoms with E-state index in [1.807, 2.05) is 6.07 Å². The molecular formula is C11H10N4O3S. The van der Waals surface area contributed by atoms with Gasteiger partial charge in [0.25, 0.3) is 10.0 Å². The third kappa shape index (κ3) is 2.66. The maximum atomic E-state index is 12.0. The molecule has 0 saturated carbocycles. The second-order valence-electron chi connectivity index (χ2n) is 3.55. The summed E-state index contributed by atoms with van der Waals surface area (Å²) in [7, 11) is -2.36. The molecule has 0 spiro atoms. The lowest BCUT2D eigenvalue weighted by Crippen LogP contribution is -2.14. The van der Waals surface area contributed by atoms with Crippen LogP contribution in [-0.4, -0.2) is 25.5 Å². The molecule has 2 rings (SSSR count). The zero-order valence-corrected chi connectivity index (χ0v) is 10.7. The molecule has 0 atom stereocenters. The van der Waals surface area contributed by atoms with Crippen LogP contribution in [0.5, 0.6) is 5.75 Å². The van der Waals surface area contributed by atoms with Crippen molar-refractivity contribution < 1.29 is 13.2 Å². The fourth-order valence-electron chi connectivity index (χ4n) is 1.43. The van der Waals surface area contributed by atoms with E-state index in [2.05, 4.69) is 14.7 Å². The number of methoxy groups -OCH3 is 1. The summed E-state index contributed by atoms with van der Waals surface area (Å²) in [5.41, 5.74) is 0.623. The Labute approximate surface area is 109 Å². The number of aromatic amines is 1. The van der Waals surface area contributed by atoms with Crippen molar-refractivity contribution in [2.75, 3.05) is 11.8 Å². The van der Waals surface area contributed by atoms with Gasteiger partial charge in [0.15, 0.2) is 5.03 Å². The number of sulfonamides is 1. The molecule has 1 heterocycles. The largest absolute Gasteiger partial charge is 0.495 e. The van der Waals surface area contributed by atoms with E-state index >= 15 is 0 Å². The van der Waals surface area contributed by atoms with Crippen molar-refractivity contribution in [3.8, 4) is 11.8 Å². The molecule has 0 amide bonds. The molecule has 0 aliphatic heterocycles. The van der Waals surface area contributed by atoms with Crippen LogP contribution in [0.4, 0.5) is 5.69 Å². The highest BCUT2D eigenvalue weighted by atomic mass is 32.2. The van der Waals surface area contributed by atoms with E-state index in [0.717, 1.165) is 0 Å². The molecule has 2 aromatic rings. The van der Waals surface area contributed by atoms with E-state index in [9.17, 15) is 8.42 Å². The Morgan fingerprint density at radius 3 is 2.84 bits per heavy atom. The van der Waals surface area contributed by atoms with Crippen molar-refractivity contribution in [1.29, 1.82) is 5.26 Å². The maximum absolute atomic E-state index is 12.0. The van der Waals surface area contributed by atoms with Crippen LogP contribution in [0.15, 0.2) is 35.7 Å². The number of aromatic nitrogens is 2. The van der Waals surface area contributed by atoms with E-state index < -0.39 is 10.0 Å². The number of imidazole rings is 1. The number of nitrogens with zero attached hydrogens (tertiary/aromatic N) is 2. The smallest absolute Gasteiger partial charge is 0.279 e. The Balaban J connectivity index is 2.37. The van der Waals surface area contributed by atoms with Gasteiger partial charge >= 0.3 is 0 Å². The van der Waals surface area contributed by atoms with Gasteiger partial charge in [-0.25, -0.2) is 4.98 Å². The average Bonchev–Trinajstić information content (AvgIpc) is 2.93. The zero-order valence-electron chi connectivity index (χ0n) is 9.91. The van der Waals surface area contributed by atoms with Gasteiger partial charge < -0.3 is 9.72 Å². The van der Waals surface area contributed by atoms with Gasteiger partial charge in [0.1, 0.15) is 5.75 Å². The number of nitrogens with one attached hydrogen (secondary N) is 2. The molecular weight excluding hydrogens is 268 g/mol. The molecule has 0 aliphatic carbocycles. The van der Waals surface area contributed by atoms with Gasteiger partial charge in [0.05, 0.1) is 37.0 Å². The number of benzene rings is 1. The molecule has 0 unspecified atom stereocenters. The number of hydrogen-bond donors (Lipinski definition) is 2. The number of anilines is 1. The van der Waals surface area contributed by atoms with E-state index in [4.69, 9.17) is 10.00 Å². The number of ether oxygens (including phenoxy) is 1. The quantitative estimate of drug-likeness (QED) is 0.870. The first-order valence-corrected chi connectivity index (χ1v) is 6.64. The van der Waals surface area contributed by atoms with Crippen LogP contribution >= 0.6 is 0 Å². The van der Waals surface area contributed by atoms with Crippen LogP contribution < -0.4 is 9.46 Å². The molecule has 98 valence electrons. The number of H-pyrrole nitrogens is 1.